The van der Waals surface area contributed by atoms with Crippen molar-refractivity contribution < 1.29 is 19.4 Å². The van der Waals surface area contributed by atoms with Gasteiger partial charge in [-0.15, -0.1) is 0 Å². The maximum Gasteiger partial charge on any atom is 0.334 e. The van der Waals surface area contributed by atoms with Crippen LogP contribution in [0, 0.1) is 0 Å². The average molecular weight is 275 g/mol. The van der Waals surface area contributed by atoms with E-state index in [0.29, 0.717) is 12.8 Å². The lowest BCUT2D eigenvalue weighted by atomic mass is 10.0. The van der Waals surface area contributed by atoms with Gasteiger partial charge in [-0.2, -0.15) is 0 Å². The summed E-state index contributed by atoms with van der Waals surface area (Å²) in [5, 5.41) is 10.7. The molecule has 0 saturated carbocycles. The van der Waals surface area contributed by atoms with Gasteiger partial charge in [0.2, 0.25) is 0 Å². The number of carboxylic acid groups (broad SMARTS) is 1. The van der Waals surface area contributed by atoms with E-state index < -0.39 is 17.5 Å². The molecule has 1 rings (SSSR count). The topological polar surface area (TPSA) is 66.4 Å². The Hall–Kier alpha value is -2.10. The van der Waals surface area contributed by atoms with Crippen molar-refractivity contribution in [3.8, 4) is 0 Å². The Kier molecular flexibility index (Phi) is 5.50. The van der Waals surface area contributed by atoms with Gasteiger partial charge in [-0.25, -0.2) is 4.79 Å². The molecule has 0 aliphatic heterocycles. The Morgan fingerprint density at radius 1 is 1.20 bits per heavy atom. The minimum absolute atomic E-state index is 0.115. The molecule has 0 fully saturated rings. The second-order valence-electron chi connectivity index (χ2n) is 5.48. The van der Waals surface area contributed by atoms with Crippen molar-refractivity contribution >= 4 is 11.9 Å². The molecule has 108 valence electrons. The summed E-state index contributed by atoms with van der Waals surface area (Å²) >= 11 is 0. The summed E-state index contributed by atoms with van der Waals surface area (Å²) in [6, 6.07) is 9.53. The molecule has 0 spiro atoms. The van der Waals surface area contributed by atoms with Crippen molar-refractivity contribution in [2.45, 2.75) is 39.2 Å². The Bertz CT molecular complexity index is 495. The van der Waals surface area contributed by atoms with E-state index >= 15 is 0 Å². The summed E-state index contributed by atoms with van der Waals surface area (Å²) in [5.74, 6) is -2.00. The molecule has 0 aromatic heterocycles. The number of aryl methyl sites for hydroxylation is 1. The first-order valence-electron chi connectivity index (χ1n) is 6.47. The van der Waals surface area contributed by atoms with Crippen LogP contribution in [-0.4, -0.2) is 17.5 Å². The van der Waals surface area contributed by atoms with Gasteiger partial charge in [-0.3, -0.25) is 0 Å². The zero-order valence-electron chi connectivity index (χ0n) is 12.0. The molecule has 0 amide bonds. The molecule has 0 N–H and O–H groups in total. The molecule has 0 heterocycles. The number of benzene rings is 1. The van der Waals surface area contributed by atoms with E-state index in [1.807, 2.05) is 30.3 Å². The summed E-state index contributed by atoms with van der Waals surface area (Å²) in [4.78, 5) is 22.6. The molecular formula is C16H19O4-. The molecule has 0 radical (unpaired) electrons. The molecule has 0 aliphatic carbocycles. The third kappa shape index (κ3) is 6.18. The van der Waals surface area contributed by atoms with Crippen molar-refractivity contribution in [2.24, 2.45) is 0 Å². The summed E-state index contributed by atoms with van der Waals surface area (Å²) in [5.41, 5.74) is 0.485. The predicted octanol–water partition coefficient (Wildman–Crippen LogP) is 1.64. The van der Waals surface area contributed by atoms with E-state index in [4.69, 9.17) is 4.74 Å². The summed E-state index contributed by atoms with van der Waals surface area (Å²) in [6.07, 6.45) is 1.68. The van der Waals surface area contributed by atoms with E-state index in [1.54, 1.807) is 20.8 Å². The van der Waals surface area contributed by atoms with Crippen LogP contribution in [-0.2, 0) is 20.7 Å². The van der Waals surface area contributed by atoms with Crippen LogP contribution in [0.15, 0.2) is 42.0 Å². The van der Waals surface area contributed by atoms with Crippen LogP contribution in [0.4, 0.5) is 0 Å². The highest BCUT2D eigenvalue weighted by molar-refractivity contribution is 5.95. The third-order valence-electron chi connectivity index (χ3n) is 2.48. The van der Waals surface area contributed by atoms with Gasteiger partial charge in [0.1, 0.15) is 5.60 Å². The predicted molar refractivity (Wildman–Crippen MR) is 73.7 cm³/mol. The average Bonchev–Trinajstić information content (AvgIpc) is 2.33. The van der Waals surface area contributed by atoms with Crippen molar-refractivity contribution in [3.05, 3.63) is 47.5 Å². The van der Waals surface area contributed by atoms with Crippen LogP contribution in [0.1, 0.15) is 32.8 Å². The van der Waals surface area contributed by atoms with Gasteiger partial charge in [-0.05, 0) is 45.3 Å². The normalized spacial score (nSPS) is 12.1. The molecule has 0 bridgehead atoms. The van der Waals surface area contributed by atoms with E-state index in [2.05, 4.69) is 0 Å². The van der Waals surface area contributed by atoms with Crippen molar-refractivity contribution in [1.29, 1.82) is 0 Å². The van der Waals surface area contributed by atoms with E-state index in [1.165, 1.54) is 0 Å². The molecule has 20 heavy (non-hydrogen) atoms. The lowest BCUT2D eigenvalue weighted by molar-refractivity contribution is -0.297. The van der Waals surface area contributed by atoms with Crippen LogP contribution in [0.5, 0.6) is 0 Å². The minimum Gasteiger partial charge on any atom is -0.545 e. The second kappa shape index (κ2) is 6.89. The largest absolute Gasteiger partial charge is 0.545 e. The van der Waals surface area contributed by atoms with Crippen molar-refractivity contribution in [2.75, 3.05) is 0 Å². The van der Waals surface area contributed by atoms with Gasteiger partial charge in [0, 0.05) is 5.57 Å². The number of carbonyl (C=O) groups is 2. The zero-order valence-corrected chi connectivity index (χ0v) is 12.0. The first-order valence-corrected chi connectivity index (χ1v) is 6.47. The lowest BCUT2D eigenvalue weighted by Crippen LogP contribution is -2.27. The number of esters is 1. The molecule has 0 unspecified atom stereocenters. The van der Waals surface area contributed by atoms with Crippen LogP contribution >= 0.6 is 0 Å². The Balaban J connectivity index is 2.76. The first kappa shape index (κ1) is 16.0. The van der Waals surface area contributed by atoms with Gasteiger partial charge in [0.15, 0.2) is 0 Å². The van der Waals surface area contributed by atoms with E-state index in [0.717, 1.165) is 11.6 Å². The van der Waals surface area contributed by atoms with Gasteiger partial charge in [0.25, 0.3) is 0 Å². The number of hydrogen-bond donors (Lipinski definition) is 0. The SMILES string of the molecule is CC(C)(C)OC(=O)/C(=C/C(=O)[O-])CCc1ccccc1. The number of rotatable bonds is 5. The number of carbonyl (C=O) groups excluding carboxylic acids is 2. The summed E-state index contributed by atoms with van der Waals surface area (Å²) in [7, 11) is 0. The molecule has 0 saturated heterocycles. The quantitative estimate of drug-likeness (QED) is 0.605. The summed E-state index contributed by atoms with van der Waals surface area (Å²) < 4.78 is 5.19. The minimum atomic E-state index is -1.39. The monoisotopic (exact) mass is 275 g/mol. The number of ether oxygens (including phenoxy) is 1. The zero-order chi connectivity index (χ0) is 15.2. The molecule has 4 heteroatoms. The van der Waals surface area contributed by atoms with Crippen LogP contribution < -0.4 is 5.11 Å². The van der Waals surface area contributed by atoms with Crippen LogP contribution in [0.2, 0.25) is 0 Å². The molecular weight excluding hydrogens is 256 g/mol. The third-order valence-corrected chi connectivity index (χ3v) is 2.48. The fourth-order valence-electron chi connectivity index (χ4n) is 1.64. The Morgan fingerprint density at radius 3 is 2.30 bits per heavy atom. The number of aliphatic carboxylic acids is 1. The molecule has 1 aromatic carbocycles. The van der Waals surface area contributed by atoms with Gasteiger partial charge in [0.05, 0.1) is 5.97 Å². The highest BCUT2D eigenvalue weighted by atomic mass is 16.6. The molecule has 4 nitrogen and oxygen atoms in total. The van der Waals surface area contributed by atoms with Gasteiger partial charge in [-0.1, -0.05) is 30.3 Å². The number of hydrogen-bond acceptors (Lipinski definition) is 4. The summed E-state index contributed by atoms with van der Waals surface area (Å²) in [6.45, 7) is 5.20. The van der Waals surface area contributed by atoms with Crippen LogP contribution in [0.3, 0.4) is 0 Å². The second-order valence-corrected chi connectivity index (χ2v) is 5.48. The standard InChI is InChI=1S/C16H20O4/c1-16(2,3)20-15(19)13(11-14(17)18)10-9-12-7-5-4-6-8-12/h4-8,11H,9-10H2,1-3H3,(H,17,18)/p-1/b13-11+. The molecule has 1 aromatic rings. The fraction of sp³-hybridized carbons (Fsp3) is 0.375. The lowest BCUT2D eigenvalue weighted by Gasteiger charge is -2.20. The molecule has 0 atom stereocenters. The Morgan fingerprint density at radius 2 is 1.80 bits per heavy atom. The van der Waals surface area contributed by atoms with Gasteiger partial charge < -0.3 is 14.6 Å². The highest BCUT2D eigenvalue weighted by Crippen LogP contribution is 2.15. The Labute approximate surface area is 119 Å². The van der Waals surface area contributed by atoms with Gasteiger partial charge >= 0.3 is 5.97 Å². The van der Waals surface area contributed by atoms with E-state index in [-0.39, 0.29) is 5.57 Å². The smallest absolute Gasteiger partial charge is 0.334 e. The van der Waals surface area contributed by atoms with Crippen LogP contribution in [0.25, 0.3) is 0 Å². The maximum atomic E-state index is 11.9. The van der Waals surface area contributed by atoms with Crippen molar-refractivity contribution in [3.63, 3.8) is 0 Å². The molecule has 0 aliphatic rings. The van der Waals surface area contributed by atoms with Crippen molar-refractivity contribution in [1.82, 2.24) is 0 Å². The number of carboxylic acids is 1. The highest BCUT2D eigenvalue weighted by Gasteiger charge is 2.19. The first-order chi connectivity index (χ1) is 9.28. The fourth-order valence-corrected chi connectivity index (χ4v) is 1.64. The van der Waals surface area contributed by atoms with E-state index in [9.17, 15) is 14.7 Å². The maximum absolute atomic E-state index is 11.9.